The molecule has 3 N–H and O–H groups in total. The Morgan fingerprint density at radius 2 is 2.06 bits per heavy atom. The summed E-state index contributed by atoms with van der Waals surface area (Å²) < 4.78 is 0. The highest BCUT2D eigenvalue weighted by Gasteiger charge is 2.32. The van der Waals surface area contributed by atoms with Crippen LogP contribution in [0.5, 0.6) is 0 Å². The van der Waals surface area contributed by atoms with Crippen molar-refractivity contribution in [1.29, 1.82) is 0 Å². The third kappa shape index (κ3) is 3.99. The van der Waals surface area contributed by atoms with Gasteiger partial charge in [-0.15, -0.1) is 11.3 Å². The number of carbonyl (C=O) groups excluding carboxylic acids is 1. The minimum Gasteiger partial charge on any atom is -0.480 e. The van der Waals surface area contributed by atoms with Crippen molar-refractivity contribution in [3.05, 3.63) is 11.1 Å². The standard InChI is InChI=1S/C11H17N3O3S/c1-6-5-12-10(18-6)14-9(17)13-7(8(15)16)11(2,3)4/h5,7H,1-4H3,(H,15,16)(H2,12,13,14,17)/t7-/m0/s1. The van der Waals surface area contributed by atoms with Crippen LogP contribution < -0.4 is 10.6 Å². The first-order valence-corrected chi connectivity index (χ1v) is 6.24. The summed E-state index contributed by atoms with van der Waals surface area (Å²) in [6, 6.07) is -1.52. The fourth-order valence-corrected chi connectivity index (χ4v) is 1.99. The highest BCUT2D eigenvalue weighted by molar-refractivity contribution is 7.15. The summed E-state index contributed by atoms with van der Waals surface area (Å²) in [5, 5.41) is 14.5. The number of aliphatic carboxylic acids is 1. The number of hydrogen-bond donors (Lipinski definition) is 3. The zero-order valence-corrected chi connectivity index (χ0v) is 11.6. The quantitative estimate of drug-likeness (QED) is 0.784. The van der Waals surface area contributed by atoms with Crippen molar-refractivity contribution in [2.75, 3.05) is 5.32 Å². The molecular formula is C11H17N3O3S. The smallest absolute Gasteiger partial charge is 0.326 e. The van der Waals surface area contributed by atoms with Gasteiger partial charge in [0.05, 0.1) is 0 Å². The van der Waals surface area contributed by atoms with Crippen molar-refractivity contribution in [3.8, 4) is 0 Å². The van der Waals surface area contributed by atoms with Crippen molar-refractivity contribution in [3.63, 3.8) is 0 Å². The number of urea groups is 1. The third-order valence-corrected chi connectivity index (χ3v) is 3.06. The molecule has 1 rings (SSSR count). The summed E-state index contributed by atoms with van der Waals surface area (Å²) in [5.74, 6) is -1.06. The first-order chi connectivity index (χ1) is 8.20. The predicted octanol–water partition coefficient (Wildman–Crippen LogP) is 2.07. The van der Waals surface area contributed by atoms with Crippen LogP contribution in [0.1, 0.15) is 25.6 Å². The molecule has 100 valence electrons. The second kappa shape index (κ2) is 5.34. The van der Waals surface area contributed by atoms with Gasteiger partial charge in [-0.25, -0.2) is 14.6 Å². The summed E-state index contributed by atoms with van der Waals surface area (Å²) in [5.41, 5.74) is -0.567. The molecule has 0 saturated carbocycles. The number of amides is 2. The zero-order valence-electron chi connectivity index (χ0n) is 10.8. The number of aryl methyl sites for hydroxylation is 1. The molecule has 18 heavy (non-hydrogen) atoms. The van der Waals surface area contributed by atoms with Crippen LogP contribution in [-0.2, 0) is 4.79 Å². The van der Waals surface area contributed by atoms with E-state index in [0.29, 0.717) is 5.13 Å². The Morgan fingerprint density at radius 3 is 2.44 bits per heavy atom. The largest absolute Gasteiger partial charge is 0.480 e. The van der Waals surface area contributed by atoms with Crippen molar-refractivity contribution >= 4 is 28.5 Å². The van der Waals surface area contributed by atoms with Crippen LogP contribution in [0.3, 0.4) is 0 Å². The SMILES string of the molecule is Cc1cnc(NC(=O)N[C@@H](C(=O)O)C(C)(C)C)s1. The number of carboxylic acid groups (broad SMARTS) is 1. The lowest BCUT2D eigenvalue weighted by atomic mass is 9.87. The van der Waals surface area contributed by atoms with Crippen molar-refractivity contribution in [2.24, 2.45) is 5.41 Å². The van der Waals surface area contributed by atoms with Crippen LogP contribution in [0.25, 0.3) is 0 Å². The average molecular weight is 271 g/mol. The first kappa shape index (κ1) is 14.4. The number of hydrogen-bond acceptors (Lipinski definition) is 4. The predicted molar refractivity (Wildman–Crippen MR) is 69.9 cm³/mol. The number of aromatic nitrogens is 1. The molecule has 0 unspecified atom stereocenters. The normalized spacial score (nSPS) is 12.9. The molecule has 1 heterocycles. The Morgan fingerprint density at radius 1 is 1.44 bits per heavy atom. The molecule has 0 radical (unpaired) electrons. The minimum atomic E-state index is -1.06. The average Bonchev–Trinajstić information content (AvgIpc) is 2.58. The van der Waals surface area contributed by atoms with Crippen LogP contribution >= 0.6 is 11.3 Å². The highest BCUT2D eigenvalue weighted by Crippen LogP contribution is 2.20. The number of nitrogens with one attached hydrogen (secondary N) is 2. The van der Waals surface area contributed by atoms with E-state index < -0.39 is 23.5 Å². The van der Waals surface area contributed by atoms with Gasteiger partial charge in [0, 0.05) is 11.1 Å². The Hall–Kier alpha value is -1.63. The fraction of sp³-hybridized carbons (Fsp3) is 0.545. The summed E-state index contributed by atoms with van der Waals surface area (Å²) in [7, 11) is 0. The second-order valence-corrected chi connectivity index (χ2v) is 6.25. The minimum absolute atomic E-state index is 0.447. The summed E-state index contributed by atoms with van der Waals surface area (Å²) >= 11 is 1.33. The summed E-state index contributed by atoms with van der Waals surface area (Å²) in [6.07, 6.45) is 1.64. The molecule has 0 aliphatic heterocycles. The number of carbonyl (C=O) groups is 2. The van der Waals surface area contributed by atoms with Gasteiger partial charge in [0.1, 0.15) is 6.04 Å². The lowest BCUT2D eigenvalue weighted by Gasteiger charge is -2.27. The van der Waals surface area contributed by atoms with Crippen molar-refractivity contribution in [1.82, 2.24) is 10.3 Å². The second-order valence-electron chi connectivity index (χ2n) is 5.01. The van der Waals surface area contributed by atoms with E-state index in [2.05, 4.69) is 15.6 Å². The molecule has 0 aliphatic rings. The molecule has 1 atom stereocenters. The number of anilines is 1. The maximum Gasteiger partial charge on any atom is 0.326 e. The van der Waals surface area contributed by atoms with E-state index in [1.165, 1.54) is 11.3 Å². The Bertz CT molecular complexity index is 451. The van der Waals surface area contributed by atoms with Gasteiger partial charge in [-0.3, -0.25) is 5.32 Å². The Labute approximate surface area is 109 Å². The number of thiazole rings is 1. The molecule has 1 aromatic rings. The van der Waals surface area contributed by atoms with E-state index >= 15 is 0 Å². The van der Waals surface area contributed by atoms with Crippen LogP contribution in [0.15, 0.2) is 6.20 Å². The van der Waals surface area contributed by atoms with Gasteiger partial charge in [0.2, 0.25) is 0 Å². The van der Waals surface area contributed by atoms with E-state index in [0.717, 1.165) is 4.88 Å². The molecule has 2 amide bonds. The van der Waals surface area contributed by atoms with E-state index in [4.69, 9.17) is 5.11 Å². The lowest BCUT2D eigenvalue weighted by Crippen LogP contribution is -2.50. The molecular weight excluding hydrogens is 254 g/mol. The maximum atomic E-state index is 11.7. The molecule has 0 fully saturated rings. The van der Waals surface area contributed by atoms with Crippen LogP contribution in [0, 0.1) is 12.3 Å². The van der Waals surface area contributed by atoms with Gasteiger partial charge in [-0.1, -0.05) is 20.8 Å². The lowest BCUT2D eigenvalue weighted by molar-refractivity contribution is -0.141. The summed E-state index contributed by atoms with van der Waals surface area (Å²) in [6.45, 7) is 7.12. The van der Waals surface area contributed by atoms with Crippen molar-refractivity contribution in [2.45, 2.75) is 33.7 Å². The van der Waals surface area contributed by atoms with Gasteiger partial charge >= 0.3 is 12.0 Å². The molecule has 0 saturated heterocycles. The first-order valence-electron chi connectivity index (χ1n) is 5.43. The van der Waals surface area contributed by atoms with Gasteiger partial charge in [0.15, 0.2) is 5.13 Å². The number of carboxylic acids is 1. The molecule has 6 nitrogen and oxygen atoms in total. The highest BCUT2D eigenvalue weighted by atomic mass is 32.1. The van der Waals surface area contributed by atoms with Crippen LogP contribution in [0.2, 0.25) is 0 Å². The third-order valence-electron chi connectivity index (χ3n) is 2.23. The molecule has 0 bridgehead atoms. The maximum absolute atomic E-state index is 11.7. The van der Waals surface area contributed by atoms with Gasteiger partial charge in [-0.2, -0.15) is 0 Å². The van der Waals surface area contributed by atoms with Crippen molar-refractivity contribution < 1.29 is 14.7 Å². The van der Waals surface area contributed by atoms with Gasteiger partial charge in [0.25, 0.3) is 0 Å². The van der Waals surface area contributed by atoms with E-state index in [1.807, 2.05) is 6.92 Å². The summed E-state index contributed by atoms with van der Waals surface area (Å²) in [4.78, 5) is 27.7. The van der Waals surface area contributed by atoms with Crippen LogP contribution in [-0.4, -0.2) is 28.1 Å². The van der Waals surface area contributed by atoms with E-state index in [-0.39, 0.29) is 0 Å². The number of rotatable bonds is 3. The van der Waals surface area contributed by atoms with Crippen LogP contribution in [0.4, 0.5) is 9.93 Å². The molecule has 0 spiro atoms. The van der Waals surface area contributed by atoms with Gasteiger partial charge in [-0.05, 0) is 12.3 Å². The monoisotopic (exact) mass is 271 g/mol. The zero-order chi connectivity index (χ0) is 13.9. The topological polar surface area (TPSA) is 91.3 Å². The Kier molecular flexibility index (Phi) is 4.28. The fourth-order valence-electron chi connectivity index (χ4n) is 1.33. The van der Waals surface area contributed by atoms with E-state index in [9.17, 15) is 9.59 Å². The number of nitrogens with zero attached hydrogens (tertiary/aromatic N) is 1. The molecule has 7 heteroatoms. The van der Waals surface area contributed by atoms with E-state index in [1.54, 1.807) is 27.0 Å². The molecule has 1 aromatic heterocycles. The Balaban J connectivity index is 2.65. The molecule has 0 aliphatic carbocycles. The van der Waals surface area contributed by atoms with Gasteiger partial charge < -0.3 is 10.4 Å². The molecule has 0 aromatic carbocycles.